The number of thiocarbonyl (C=S) groups is 1. The zero-order valence-corrected chi connectivity index (χ0v) is 17.0. The van der Waals surface area contributed by atoms with Gasteiger partial charge in [-0.25, -0.2) is 0 Å². The van der Waals surface area contributed by atoms with Crippen LogP contribution in [-0.4, -0.2) is 23.2 Å². The van der Waals surface area contributed by atoms with Crippen molar-refractivity contribution in [2.75, 3.05) is 12.4 Å². The molecule has 6 nitrogen and oxygen atoms in total. The van der Waals surface area contributed by atoms with E-state index in [4.69, 9.17) is 17.0 Å². The summed E-state index contributed by atoms with van der Waals surface area (Å²) in [5.74, 6) is 0.409. The van der Waals surface area contributed by atoms with Crippen molar-refractivity contribution in [2.24, 2.45) is 0 Å². The molecule has 27 heavy (non-hydrogen) atoms. The zero-order chi connectivity index (χ0) is 19.5. The lowest BCUT2D eigenvalue weighted by Crippen LogP contribution is -2.37. The molecule has 0 radical (unpaired) electrons. The average molecular weight is 394 g/mol. The summed E-state index contributed by atoms with van der Waals surface area (Å²) < 4.78 is 5.27. The average Bonchev–Trinajstić information content (AvgIpc) is 2.64. The number of rotatable bonds is 4. The maximum Gasteiger partial charge on any atom is 0.273 e. The van der Waals surface area contributed by atoms with Crippen LogP contribution in [-0.2, 0) is 0 Å². The Labute approximate surface area is 167 Å². The van der Waals surface area contributed by atoms with E-state index in [2.05, 4.69) is 10.6 Å². The Hall–Kier alpha value is -1.89. The van der Waals surface area contributed by atoms with Crippen LogP contribution in [0.4, 0.5) is 11.4 Å². The fraction of sp³-hybridized carbons (Fsp3) is 0.650. The van der Waals surface area contributed by atoms with Gasteiger partial charge in [-0.3, -0.25) is 10.1 Å². The van der Waals surface area contributed by atoms with Gasteiger partial charge in [0.1, 0.15) is 5.75 Å². The third-order valence-electron chi connectivity index (χ3n) is 5.08. The van der Waals surface area contributed by atoms with E-state index in [1.54, 1.807) is 6.07 Å². The van der Waals surface area contributed by atoms with Gasteiger partial charge in [0.25, 0.3) is 5.69 Å². The Morgan fingerprint density at radius 1 is 1.07 bits per heavy atom. The number of nitro benzene ring substituents is 1. The maximum absolute atomic E-state index is 10.9. The zero-order valence-electron chi connectivity index (χ0n) is 16.2. The molecule has 0 bridgehead atoms. The highest BCUT2D eigenvalue weighted by Gasteiger charge is 2.14. The minimum atomic E-state index is -0.437. The van der Waals surface area contributed by atoms with Crippen LogP contribution in [0.2, 0.25) is 0 Å². The number of non-ortho nitro benzene ring substituents is 1. The molecule has 1 fully saturated rings. The molecule has 0 unspecified atom stereocenters. The number of nitrogens with zero attached hydrogens (tertiary/aromatic N) is 1. The summed E-state index contributed by atoms with van der Waals surface area (Å²) in [4.78, 5) is 10.5. The Kier molecular flexibility index (Phi) is 9.31. The molecule has 0 spiro atoms. The van der Waals surface area contributed by atoms with E-state index in [1.165, 1.54) is 77.0 Å². The molecule has 0 saturated heterocycles. The highest BCUT2D eigenvalue weighted by atomic mass is 32.1. The Morgan fingerprint density at radius 3 is 2.15 bits per heavy atom. The maximum atomic E-state index is 10.9. The quantitative estimate of drug-likeness (QED) is 0.396. The Morgan fingerprint density at radius 2 is 1.63 bits per heavy atom. The summed E-state index contributed by atoms with van der Waals surface area (Å²) in [7, 11) is 1.49. The van der Waals surface area contributed by atoms with Gasteiger partial charge in [-0.2, -0.15) is 0 Å². The van der Waals surface area contributed by atoms with Crippen molar-refractivity contribution >= 4 is 28.7 Å². The minimum absolute atomic E-state index is 0.00408. The Bertz CT molecular complexity index is 612. The molecule has 0 heterocycles. The molecule has 7 heteroatoms. The molecule has 1 saturated carbocycles. The van der Waals surface area contributed by atoms with Gasteiger partial charge in [0.15, 0.2) is 5.11 Å². The predicted octanol–water partition coefficient (Wildman–Crippen LogP) is 5.56. The Balaban J connectivity index is 1.92. The second-order valence-electron chi connectivity index (χ2n) is 7.20. The smallest absolute Gasteiger partial charge is 0.273 e. The molecule has 1 aromatic rings. The SMILES string of the molecule is COc1cc([N+](=O)[O-])ccc1NC(=S)NC1CCCCCCCCCCC1. The number of methoxy groups -OCH3 is 1. The second kappa shape index (κ2) is 11.7. The van der Waals surface area contributed by atoms with E-state index < -0.39 is 4.92 Å². The van der Waals surface area contributed by atoms with Crippen LogP contribution in [0.5, 0.6) is 5.75 Å². The summed E-state index contributed by atoms with van der Waals surface area (Å²) in [5.41, 5.74) is 0.629. The lowest BCUT2D eigenvalue weighted by Gasteiger charge is -2.22. The number of benzene rings is 1. The molecule has 150 valence electrons. The fourth-order valence-corrected chi connectivity index (χ4v) is 3.82. The summed E-state index contributed by atoms with van der Waals surface area (Å²) in [6.07, 6.45) is 14.0. The van der Waals surface area contributed by atoms with Crippen molar-refractivity contribution in [1.82, 2.24) is 5.32 Å². The third-order valence-corrected chi connectivity index (χ3v) is 5.30. The number of anilines is 1. The number of hydrogen-bond donors (Lipinski definition) is 2. The molecular formula is C20H31N3O3S. The predicted molar refractivity (Wildman–Crippen MR) is 114 cm³/mol. The van der Waals surface area contributed by atoms with E-state index in [9.17, 15) is 10.1 Å². The van der Waals surface area contributed by atoms with Crippen LogP contribution in [0.3, 0.4) is 0 Å². The molecule has 2 N–H and O–H groups in total. The molecule has 1 aromatic carbocycles. The lowest BCUT2D eigenvalue weighted by atomic mass is 9.98. The molecule has 0 atom stereocenters. The summed E-state index contributed by atoms with van der Waals surface area (Å²) >= 11 is 5.48. The van der Waals surface area contributed by atoms with Crippen molar-refractivity contribution in [3.8, 4) is 5.75 Å². The number of hydrogen-bond acceptors (Lipinski definition) is 4. The van der Waals surface area contributed by atoms with Crippen molar-refractivity contribution in [3.05, 3.63) is 28.3 Å². The van der Waals surface area contributed by atoms with Crippen molar-refractivity contribution < 1.29 is 9.66 Å². The van der Waals surface area contributed by atoms with Crippen LogP contribution in [0.1, 0.15) is 70.6 Å². The molecule has 2 rings (SSSR count). The monoisotopic (exact) mass is 393 g/mol. The lowest BCUT2D eigenvalue weighted by molar-refractivity contribution is -0.384. The first-order chi connectivity index (χ1) is 13.1. The molecule has 0 aliphatic heterocycles. The fourth-order valence-electron chi connectivity index (χ4n) is 3.55. The van der Waals surface area contributed by atoms with E-state index in [0.29, 0.717) is 22.6 Å². The summed E-state index contributed by atoms with van der Waals surface area (Å²) in [6.45, 7) is 0. The van der Waals surface area contributed by atoms with Gasteiger partial charge in [-0.1, -0.05) is 57.8 Å². The number of ether oxygens (including phenoxy) is 1. The summed E-state index contributed by atoms with van der Waals surface area (Å²) in [5, 5.41) is 18.0. The van der Waals surface area contributed by atoms with E-state index >= 15 is 0 Å². The molecule has 1 aliphatic rings. The largest absolute Gasteiger partial charge is 0.494 e. The van der Waals surface area contributed by atoms with Gasteiger partial charge in [0, 0.05) is 12.1 Å². The van der Waals surface area contributed by atoms with Crippen molar-refractivity contribution in [3.63, 3.8) is 0 Å². The van der Waals surface area contributed by atoms with Crippen LogP contribution in [0.15, 0.2) is 18.2 Å². The van der Waals surface area contributed by atoms with Gasteiger partial charge < -0.3 is 15.4 Å². The first-order valence-electron chi connectivity index (χ1n) is 10.00. The summed E-state index contributed by atoms with van der Waals surface area (Å²) in [6, 6.07) is 4.85. The van der Waals surface area contributed by atoms with Crippen LogP contribution in [0.25, 0.3) is 0 Å². The van der Waals surface area contributed by atoms with Gasteiger partial charge >= 0.3 is 0 Å². The molecule has 0 amide bonds. The standard InChI is InChI=1S/C20H31N3O3S/c1-26-19-15-17(23(24)25)13-14-18(19)22-20(27)21-16-11-9-7-5-3-2-4-6-8-10-12-16/h13-16H,2-12H2,1H3,(H2,21,22,27). The van der Waals surface area contributed by atoms with Crippen LogP contribution in [0, 0.1) is 10.1 Å². The van der Waals surface area contributed by atoms with Gasteiger partial charge in [-0.15, -0.1) is 0 Å². The highest BCUT2D eigenvalue weighted by molar-refractivity contribution is 7.80. The molecular weight excluding hydrogens is 362 g/mol. The van der Waals surface area contributed by atoms with Gasteiger partial charge in [-0.05, 0) is 31.1 Å². The van der Waals surface area contributed by atoms with E-state index in [0.717, 1.165) is 12.8 Å². The third kappa shape index (κ3) is 7.71. The van der Waals surface area contributed by atoms with Crippen LogP contribution >= 0.6 is 12.2 Å². The number of nitro groups is 1. The minimum Gasteiger partial charge on any atom is -0.494 e. The second-order valence-corrected chi connectivity index (χ2v) is 7.60. The van der Waals surface area contributed by atoms with Crippen molar-refractivity contribution in [2.45, 2.75) is 76.7 Å². The van der Waals surface area contributed by atoms with Gasteiger partial charge in [0.2, 0.25) is 0 Å². The van der Waals surface area contributed by atoms with Crippen LogP contribution < -0.4 is 15.4 Å². The topological polar surface area (TPSA) is 76.4 Å². The van der Waals surface area contributed by atoms with Crippen molar-refractivity contribution in [1.29, 1.82) is 0 Å². The highest BCUT2D eigenvalue weighted by Crippen LogP contribution is 2.29. The normalized spacial score (nSPS) is 17.2. The first-order valence-corrected chi connectivity index (χ1v) is 10.4. The van der Waals surface area contributed by atoms with E-state index in [-0.39, 0.29) is 5.69 Å². The molecule has 1 aliphatic carbocycles. The van der Waals surface area contributed by atoms with Gasteiger partial charge in [0.05, 0.1) is 23.8 Å². The first kappa shape index (κ1) is 21.4. The molecule has 0 aromatic heterocycles. The number of nitrogens with one attached hydrogen (secondary N) is 2. The van der Waals surface area contributed by atoms with E-state index in [1.807, 2.05) is 0 Å².